The number of ether oxygens (including phenoxy) is 1. The third kappa shape index (κ3) is 4.75. The van der Waals surface area contributed by atoms with Gasteiger partial charge in [-0.15, -0.1) is 0 Å². The van der Waals surface area contributed by atoms with E-state index in [-0.39, 0.29) is 16.7 Å². The smallest absolute Gasteiger partial charge is 0.255 e. The molecule has 0 radical (unpaired) electrons. The Morgan fingerprint density at radius 2 is 1.76 bits per heavy atom. The average Bonchev–Trinajstić information content (AvgIpc) is 3.02. The summed E-state index contributed by atoms with van der Waals surface area (Å²) in [5, 5.41) is 6.48. The summed E-state index contributed by atoms with van der Waals surface area (Å²) in [5.41, 5.74) is 2.99. The molecule has 4 nitrogen and oxygen atoms in total. The van der Waals surface area contributed by atoms with E-state index in [0.29, 0.717) is 23.9 Å². The van der Waals surface area contributed by atoms with E-state index in [1.165, 1.54) is 17.5 Å². The molecule has 0 spiro atoms. The second-order valence-corrected chi connectivity index (χ2v) is 9.10. The molecule has 140 valence electrons. The first-order chi connectivity index (χ1) is 11.5. The van der Waals surface area contributed by atoms with Gasteiger partial charge < -0.3 is 15.4 Å². The lowest BCUT2D eigenvalue weighted by Crippen LogP contribution is -2.37. The Morgan fingerprint density at radius 3 is 2.24 bits per heavy atom. The zero-order valence-corrected chi connectivity index (χ0v) is 16.9. The van der Waals surface area contributed by atoms with E-state index in [4.69, 9.17) is 4.74 Å². The molecule has 1 aromatic rings. The molecule has 1 heterocycles. The van der Waals surface area contributed by atoms with Crippen LogP contribution >= 0.6 is 0 Å². The van der Waals surface area contributed by atoms with Gasteiger partial charge in [0, 0.05) is 12.6 Å². The molecule has 1 amide bonds. The molecule has 2 rings (SSSR count). The average molecular weight is 347 g/mol. The summed E-state index contributed by atoms with van der Waals surface area (Å²) in [6.07, 6.45) is 2.30. The van der Waals surface area contributed by atoms with Gasteiger partial charge >= 0.3 is 0 Å². The van der Waals surface area contributed by atoms with Crippen molar-refractivity contribution >= 4 is 5.91 Å². The van der Waals surface area contributed by atoms with Crippen LogP contribution in [0.1, 0.15) is 75.9 Å². The lowest BCUT2D eigenvalue weighted by molar-refractivity contribution is 0.0947. The minimum atomic E-state index is -0.0588. The summed E-state index contributed by atoms with van der Waals surface area (Å²) in [7, 11) is 1.63. The van der Waals surface area contributed by atoms with Gasteiger partial charge in [-0.1, -0.05) is 41.5 Å². The van der Waals surface area contributed by atoms with Crippen LogP contribution < -0.4 is 15.4 Å². The summed E-state index contributed by atoms with van der Waals surface area (Å²) in [5.74, 6) is 0.589. The van der Waals surface area contributed by atoms with Crippen molar-refractivity contribution in [3.05, 3.63) is 28.8 Å². The molecular formula is C21H34N2O2. The number of hydrogen-bond acceptors (Lipinski definition) is 3. The van der Waals surface area contributed by atoms with Crippen LogP contribution in [0.2, 0.25) is 0 Å². The van der Waals surface area contributed by atoms with E-state index in [1.807, 2.05) is 12.1 Å². The highest BCUT2D eigenvalue weighted by Gasteiger charge is 2.28. The highest BCUT2D eigenvalue weighted by molar-refractivity contribution is 5.97. The molecule has 1 aromatic carbocycles. The fraction of sp³-hybridized carbons (Fsp3) is 0.667. The zero-order valence-electron chi connectivity index (χ0n) is 16.9. The predicted molar refractivity (Wildman–Crippen MR) is 104 cm³/mol. The van der Waals surface area contributed by atoms with Gasteiger partial charge in [0.15, 0.2) is 0 Å². The summed E-state index contributed by atoms with van der Waals surface area (Å²) in [6, 6.07) is 4.45. The lowest BCUT2D eigenvalue weighted by atomic mass is 9.74. The van der Waals surface area contributed by atoms with Crippen LogP contribution in [0, 0.1) is 0 Å². The molecule has 0 unspecified atom stereocenters. The first-order valence-electron chi connectivity index (χ1n) is 9.28. The molecule has 2 N–H and O–H groups in total. The van der Waals surface area contributed by atoms with Gasteiger partial charge in [-0.25, -0.2) is 0 Å². The molecule has 0 saturated carbocycles. The molecule has 1 aliphatic rings. The number of carbonyl (C=O) groups excluding carboxylic acids is 1. The number of benzene rings is 1. The number of nitrogens with one attached hydrogen (secondary N) is 2. The van der Waals surface area contributed by atoms with E-state index in [1.54, 1.807) is 7.11 Å². The van der Waals surface area contributed by atoms with Crippen LogP contribution in [0.15, 0.2) is 12.1 Å². The molecule has 25 heavy (non-hydrogen) atoms. The van der Waals surface area contributed by atoms with E-state index in [0.717, 1.165) is 13.0 Å². The lowest BCUT2D eigenvalue weighted by Gasteiger charge is -2.31. The van der Waals surface area contributed by atoms with Crippen molar-refractivity contribution in [2.75, 3.05) is 20.2 Å². The molecule has 1 aliphatic heterocycles. The zero-order chi connectivity index (χ0) is 18.8. The van der Waals surface area contributed by atoms with Crippen molar-refractivity contribution < 1.29 is 9.53 Å². The van der Waals surface area contributed by atoms with Gasteiger partial charge in [0.1, 0.15) is 5.75 Å². The first kappa shape index (κ1) is 19.8. The monoisotopic (exact) mass is 346 g/mol. The molecule has 4 heteroatoms. The first-order valence-corrected chi connectivity index (χ1v) is 9.28. The SMILES string of the molecule is COc1cc(C(C)(C)C)c(C(C)(C)C)cc1C(=O)NC[C@H]1CCCN1. The topological polar surface area (TPSA) is 50.4 Å². The van der Waals surface area contributed by atoms with E-state index in [9.17, 15) is 4.79 Å². The van der Waals surface area contributed by atoms with Crippen LogP contribution in [0.5, 0.6) is 5.75 Å². The van der Waals surface area contributed by atoms with Crippen molar-refractivity contribution in [2.24, 2.45) is 0 Å². The van der Waals surface area contributed by atoms with Gasteiger partial charge in [0.25, 0.3) is 5.91 Å². The van der Waals surface area contributed by atoms with E-state index < -0.39 is 0 Å². The Labute approximate surface area is 152 Å². The summed E-state index contributed by atoms with van der Waals surface area (Å²) in [6.45, 7) is 14.9. The third-order valence-corrected chi connectivity index (χ3v) is 4.87. The predicted octanol–water partition coefficient (Wildman–Crippen LogP) is 3.77. The molecule has 1 saturated heterocycles. The number of methoxy groups -OCH3 is 1. The normalized spacial score (nSPS) is 18.3. The number of carbonyl (C=O) groups is 1. The molecule has 0 bridgehead atoms. The minimum Gasteiger partial charge on any atom is -0.496 e. The molecule has 0 aromatic heterocycles. The second-order valence-electron chi connectivity index (χ2n) is 9.10. The highest BCUT2D eigenvalue weighted by atomic mass is 16.5. The Bertz CT molecular complexity index is 618. The van der Waals surface area contributed by atoms with Gasteiger partial charge in [0.05, 0.1) is 12.7 Å². The Hall–Kier alpha value is -1.55. The van der Waals surface area contributed by atoms with Crippen LogP contribution in [-0.4, -0.2) is 32.1 Å². The Kier molecular flexibility index (Phi) is 5.82. The molecular weight excluding hydrogens is 312 g/mol. The van der Waals surface area contributed by atoms with Gasteiger partial charge in [-0.2, -0.15) is 0 Å². The van der Waals surface area contributed by atoms with Crippen molar-refractivity contribution in [1.29, 1.82) is 0 Å². The van der Waals surface area contributed by atoms with Crippen LogP contribution in [-0.2, 0) is 10.8 Å². The minimum absolute atomic E-state index is 0.0152. The number of rotatable bonds is 4. The fourth-order valence-corrected chi connectivity index (χ4v) is 3.41. The van der Waals surface area contributed by atoms with Crippen LogP contribution in [0.25, 0.3) is 0 Å². The van der Waals surface area contributed by atoms with Gasteiger partial charge in [-0.05, 0) is 53.5 Å². The molecule has 1 fully saturated rings. The second kappa shape index (κ2) is 7.36. The van der Waals surface area contributed by atoms with Crippen LogP contribution in [0.4, 0.5) is 0 Å². The summed E-state index contributed by atoms with van der Waals surface area (Å²) < 4.78 is 5.57. The third-order valence-electron chi connectivity index (χ3n) is 4.87. The van der Waals surface area contributed by atoms with Gasteiger partial charge in [0.2, 0.25) is 0 Å². The fourth-order valence-electron chi connectivity index (χ4n) is 3.41. The molecule has 0 aliphatic carbocycles. The van der Waals surface area contributed by atoms with Crippen LogP contribution in [0.3, 0.4) is 0 Å². The number of hydrogen-bond donors (Lipinski definition) is 2. The van der Waals surface area contributed by atoms with Crippen molar-refractivity contribution in [1.82, 2.24) is 10.6 Å². The Morgan fingerprint density at radius 1 is 1.16 bits per heavy atom. The quantitative estimate of drug-likeness (QED) is 0.872. The van der Waals surface area contributed by atoms with E-state index >= 15 is 0 Å². The standard InChI is InChI=1S/C21H34N2O2/c1-20(2,3)16-11-15(18(25-7)12-17(16)21(4,5)6)19(24)23-13-14-9-8-10-22-14/h11-12,14,22H,8-10,13H2,1-7H3,(H,23,24)/t14-/m1/s1. The van der Waals surface area contributed by atoms with Crippen molar-refractivity contribution in [3.8, 4) is 5.75 Å². The molecule has 1 atom stereocenters. The number of amides is 1. The maximum absolute atomic E-state index is 12.8. The Balaban J connectivity index is 2.37. The maximum Gasteiger partial charge on any atom is 0.255 e. The largest absolute Gasteiger partial charge is 0.496 e. The highest BCUT2D eigenvalue weighted by Crippen LogP contribution is 2.38. The summed E-state index contributed by atoms with van der Waals surface area (Å²) in [4.78, 5) is 12.8. The van der Waals surface area contributed by atoms with Crippen molar-refractivity contribution in [2.45, 2.75) is 71.3 Å². The summed E-state index contributed by atoms with van der Waals surface area (Å²) >= 11 is 0. The van der Waals surface area contributed by atoms with Gasteiger partial charge in [-0.3, -0.25) is 4.79 Å². The maximum atomic E-state index is 12.8. The van der Waals surface area contributed by atoms with E-state index in [2.05, 4.69) is 52.2 Å². The van der Waals surface area contributed by atoms with Crippen molar-refractivity contribution in [3.63, 3.8) is 0 Å².